The maximum absolute atomic E-state index is 12.7. The average Bonchev–Trinajstić information content (AvgIpc) is 3.33. The number of hydrazine groups is 1. The summed E-state index contributed by atoms with van der Waals surface area (Å²) in [5.41, 5.74) is 7.22. The molecule has 2 aliphatic heterocycles. The molecular weight excluding hydrogens is 322 g/mol. The van der Waals surface area contributed by atoms with Gasteiger partial charge in [-0.1, -0.05) is 6.07 Å². The Bertz CT molecular complexity index is 788. The third-order valence-electron chi connectivity index (χ3n) is 4.54. The molecule has 0 radical (unpaired) electrons. The second-order valence-electron chi connectivity index (χ2n) is 6.46. The van der Waals surface area contributed by atoms with E-state index in [0.717, 1.165) is 28.6 Å². The number of carbonyl (C=O) groups excluding carboxylic acids is 1. The van der Waals surface area contributed by atoms with Crippen molar-refractivity contribution in [3.63, 3.8) is 0 Å². The zero-order valence-corrected chi connectivity index (χ0v) is 14.2. The van der Waals surface area contributed by atoms with E-state index >= 15 is 0 Å². The minimum absolute atomic E-state index is 0.00148. The maximum atomic E-state index is 12.7. The summed E-state index contributed by atoms with van der Waals surface area (Å²) in [6, 6.07) is 9.33. The topological polar surface area (TPSA) is 76.0 Å². The fourth-order valence-corrected chi connectivity index (χ4v) is 3.20. The van der Waals surface area contributed by atoms with E-state index in [0.29, 0.717) is 13.0 Å². The van der Waals surface area contributed by atoms with Gasteiger partial charge in [0.05, 0.1) is 6.04 Å². The van der Waals surface area contributed by atoms with Crippen molar-refractivity contribution >= 4 is 5.91 Å². The number of hydrogen-bond donors (Lipinski definition) is 2. The SMILES string of the molecule is Cc1ccc(C2CC(C(=O)N(C)Cc3ccc4c(c3)OCO4)NN2)o1. The Labute approximate surface area is 145 Å². The molecule has 2 aromatic rings. The summed E-state index contributed by atoms with van der Waals surface area (Å²) in [5.74, 6) is 3.23. The first kappa shape index (κ1) is 16.0. The third kappa shape index (κ3) is 3.20. The van der Waals surface area contributed by atoms with Crippen LogP contribution in [0.1, 0.15) is 29.5 Å². The number of benzene rings is 1. The van der Waals surface area contributed by atoms with E-state index in [-0.39, 0.29) is 24.8 Å². The van der Waals surface area contributed by atoms with Crippen molar-refractivity contribution in [2.75, 3.05) is 13.8 Å². The van der Waals surface area contributed by atoms with Crippen molar-refractivity contribution in [3.8, 4) is 11.5 Å². The number of ether oxygens (including phenoxy) is 2. The molecule has 3 heterocycles. The molecule has 1 saturated heterocycles. The van der Waals surface area contributed by atoms with Crippen LogP contribution in [0.15, 0.2) is 34.7 Å². The number of nitrogens with one attached hydrogen (secondary N) is 2. The number of furan rings is 1. The maximum Gasteiger partial charge on any atom is 0.241 e. The molecule has 0 aliphatic carbocycles. The Balaban J connectivity index is 1.37. The van der Waals surface area contributed by atoms with E-state index in [9.17, 15) is 4.79 Å². The molecule has 2 unspecified atom stereocenters. The predicted octanol–water partition coefficient (Wildman–Crippen LogP) is 1.88. The van der Waals surface area contributed by atoms with Crippen molar-refractivity contribution in [2.45, 2.75) is 32.0 Å². The number of hydrogen-bond acceptors (Lipinski definition) is 6. The second kappa shape index (κ2) is 6.42. The molecule has 25 heavy (non-hydrogen) atoms. The van der Waals surface area contributed by atoms with Crippen LogP contribution >= 0.6 is 0 Å². The molecule has 2 atom stereocenters. The Hall–Kier alpha value is -2.51. The summed E-state index contributed by atoms with van der Waals surface area (Å²) in [6.07, 6.45) is 0.650. The van der Waals surface area contributed by atoms with Gasteiger partial charge < -0.3 is 18.8 Å². The highest BCUT2D eigenvalue weighted by Gasteiger charge is 2.33. The summed E-state index contributed by atoms with van der Waals surface area (Å²) in [6.45, 7) is 2.67. The van der Waals surface area contributed by atoms with E-state index in [1.54, 1.807) is 11.9 Å². The van der Waals surface area contributed by atoms with Gasteiger partial charge in [-0.15, -0.1) is 0 Å². The second-order valence-corrected chi connectivity index (χ2v) is 6.46. The highest BCUT2D eigenvalue weighted by Crippen LogP contribution is 2.33. The first-order chi connectivity index (χ1) is 12.1. The van der Waals surface area contributed by atoms with Crippen LogP contribution in [0.5, 0.6) is 11.5 Å². The standard InChI is InChI=1S/C18H21N3O4/c1-11-3-5-15(25-11)13-8-14(20-19-13)18(22)21(2)9-12-4-6-16-17(7-12)24-10-23-16/h3-7,13-14,19-20H,8-10H2,1-2H3. The lowest BCUT2D eigenvalue weighted by molar-refractivity contribution is -0.132. The molecule has 132 valence electrons. The normalized spacial score (nSPS) is 21.5. The van der Waals surface area contributed by atoms with E-state index in [1.165, 1.54) is 0 Å². The fourth-order valence-electron chi connectivity index (χ4n) is 3.20. The fraction of sp³-hybridized carbons (Fsp3) is 0.389. The minimum Gasteiger partial charge on any atom is -0.465 e. The number of amides is 1. The number of nitrogens with zero attached hydrogens (tertiary/aromatic N) is 1. The monoisotopic (exact) mass is 343 g/mol. The zero-order chi connectivity index (χ0) is 17.4. The summed E-state index contributed by atoms with van der Waals surface area (Å²) in [4.78, 5) is 14.4. The van der Waals surface area contributed by atoms with Crippen LogP contribution in [0.4, 0.5) is 0 Å². The van der Waals surface area contributed by atoms with Crippen molar-refractivity contribution in [1.29, 1.82) is 0 Å². The lowest BCUT2D eigenvalue weighted by atomic mass is 10.1. The summed E-state index contributed by atoms with van der Waals surface area (Å²) >= 11 is 0. The van der Waals surface area contributed by atoms with Gasteiger partial charge in [0.25, 0.3) is 0 Å². The molecule has 0 saturated carbocycles. The lowest BCUT2D eigenvalue weighted by Crippen LogP contribution is -2.43. The van der Waals surface area contributed by atoms with Crippen LogP contribution in [0.25, 0.3) is 0 Å². The molecule has 0 bridgehead atoms. The predicted molar refractivity (Wildman–Crippen MR) is 89.9 cm³/mol. The molecular formula is C18H21N3O4. The van der Waals surface area contributed by atoms with Crippen molar-refractivity contribution < 1.29 is 18.7 Å². The van der Waals surface area contributed by atoms with E-state index in [4.69, 9.17) is 13.9 Å². The molecule has 0 spiro atoms. The van der Waals surface area contributed by atoms with Crippen LogP contribution < -0.4 is 20.3 Å². The van der Waals surface area contributed by atoms with Gasteiger partial charge >= 0.3 is 0 Å². The van der Waals surface area contributed by atoms with Crippen molar-refractivity contribution in [1.82, 2.24) is 15.8 Å². The number of fused-ring (bicyclic) bond motifs is 1. The third-order valence-corrected chi connectivity index (χ3v) is 4.54. The highest BCUT2D eigenvalue weighted by molar-refractivity contribution is 5.82. The Morgan fingerprint density at radius 3 is 2.84 bits per heavy atom. The Kier molecular flexibility index (Phi) is 4.10. The number of carbonyl (C=O) groups is 1. The number of rotatable bonds is 4. The van der Waals surface area contributed by atoms with Gasteiger partial charge in [-0.25, -0.2) is 10.9 Å². The van der Waals surface area contributed by atoms with Crippen LogP contribution in [0.3, 0.4) is 0 Å². The summed E-state index contributed by atoms with van der Waals surface area (Å²) in [5, 5.41) is 0. The van der Waals surface area contributed by atoms with Crippen molar-refractivity contribution in [2.24, 2.45) is 0 Å². The molecule has 2 aliphatic rings. The largest absolute Gasteiger partial charge is 0.465 e. The Morgan fingerprint density at radius 2 is 2.04 bits per heavy atom. The molecule has 1 aromatic carbocycles. The van der Waals surface area contributed by atoms with Crippen LogP contribution in [0.2, 0.25) is 0 Å². The Morgan fingerprint density at radius 1 is 1.20 bits per heavy atom. The quantitative estimate of drug-likeness (QED) is 0.883. The number of aryl methyl sites for hydroxylation is 1. The van der Waals surface area contributed by atoms with Crippen molar-refractivity contribution in [3.05, 3.63) is 47.4 Å². The molecule has 7 heteroatoms. The van der Waals surface area contributed by atoms with Gasteiger partial charge in [0, 0.05) is 13.6 Å². The van der Waals surface area contributed by atoms with E-state index in [1.807, 2.05) is 37.3 Å². The molecule has 1 amide bonds. The van der Waals surface area contributed by atoms with Gasteiger partial charge in [-0.05, 0) is 43.2 Å². The van der Waals surface area contributed by atoms with Gasteiger partial charge in [0.2, 0.25) is 12.7 Å². The molecule has 1 fully saturated rings. The average molecular weight is 343 g/mol. The van der Waals surface area contributed by atoms with E-state index < -0.39 is 0 Å². The zero-order valence-electron chi connectivity index (χ0n) is 14.2. The minimum atomic E-state index is -0.283. The van der Waals surface area contributed by atoms with Gasteiger partial charge in [0.15, 0.2) is 11.5 Å². The summed E-state index contributed by atoms with van der Waals surface area (Å²) < 4.78 is 16.3. The van der Waals surface area contributed by atoms with Crippen LogP contribution in [-0.4, -0.2) is 30.7 Å². The van der Waals surface area contributed by atoms with E-state index in [2.05, 4.69) is 10.9 Å². The lowest BCUT2D eigenvalue weighted by Gasteiger charge is -2.21. The first-order valence-electron chi connectivity index (χ1n) is 8.31. The highest BCUT2D eigenvalue weighted by atomic mass is 16.7. The first-order valence-corrected chi connectivity index (χ1v) is 8.31. The molecule has 4 rings (SSSR count). The van der Waals surface area contributed by atoms with Crippen LogP contribution in [-0.2, 0) is 11.3 Å². The van der Waals surface area contributed by atoms with Crippen LogP contribution in [0, 0.1) is 6.92 Å². The van der Waals surface area contributed by atoms with Gasteiger partial charge in [-0.2, -0.15) is 0 Å². The molecule has 2 N–H and O–H groups in total. The van der Waals surface area contributed by atoms with Gasteiger partial charge in [-0.3, -0.25) is 4.79 Å². The molecule has 1 aromatic heterocycles. The number of likely N-dealkylation sites (N-methyl/N-ethyl adjacent to an activating group) is 1. The summed E-state index contributed by atoms with van der Waals surface area (Å²) in [7, 11) is 1.80. The smallest absolute Gasteiger partial charge is 0.241 e. The molecule has 7 nitrogen and oxygen atoms in total. The van der Waals surface area contributed by atoms with Gasteiger partial charge in [0.1, 0.15) is 17.6 Å².